The summed E-state index contributed by atoms with van der Waals surface area (Å²) >= 11 is 0. The topological polar surface area (TPSA) is 75.7 Å². The summed E-state index contributed by atoms with van der Waals surface area (Å²) in [5.41, 5.74) is 0.284. The molecule has 0 spiro atoms. The Morgan fingerprint density at radius 2 is 1.64 bits per heavy atom. The van der Waals surface area contributed by atoms with Crippen molar-refractivity contribution in [1.82, 2.24) is 10.2 Å². The van der Waals surface area contributed by atoms with Gasteiger partial charge >= 0.3 is 6.09 Å². The summed E-state index contributed by atoms with van der Waals surface area (Å²) in [6.45, 7) is 5.40. The van der Waals surface area contributed by atoms with E-state index in [-0.39, 0.29) is 23.9 Å². The van der Waals surface area contributed by atoms with Crippen LogP contribution in [-0.4, -0.2) is 40.5 Å². The van der Waals surface area contributed by atoms with Crippen molar-refractivity contribution in [1.29, 1.82) is 0 Å². The van der Waals surface area contributed by atoms with Crippen molar-refractivity contribution in [2.75, 3.05) is 0 Å². The minimum atomic E-state index is -0.593. The lowest BCUT2D eigenvalue weighted by Gasteiger charge is -2.37. The molecule has 2 aliphatic rings. The van der Waals surface area contributed by atoms with Gasteiger partial charge in [0.25, 0.3) is 11.8 Å². The first kappa shape index (κ1) is 17.5. The molecule has 6 nitrogen and oxygen atoms in total. The van der Waals surface area contributed by atoms with E-state index in [4.69, 9.17) is 4.74 Å². The maximum absolute atomic E-state index is 12.7. The van der Waals surface area contributed by atoms with Crippen LogP contribution in [0.2, 0.25) is 0 Å². The van der Waals surface area contributed by atoms with Gasteiger partial charge in [-0.15, -0.1) is 0 Å². The molecule has 1 saturated carbocycles. The van der Waals surface area contributed by atoms with Gasteiger partial charge in [0.1, 0.15) is 5.60 Å². The number of hydrogen-bond donors (Lipinski definition) is 1. The number of fused-ring (bicyclic) bond motifs is 1. The zero-order chi connectivity index (χ0) is 18.2. The van der Waals surface area contributed by atoms with Crippen LogP contribution < -0.4 is 5.32 Å². The first-order valence-corrected chi connectivity index (χ1v) is 8.74. The lowest BCUT2D eigenvalue weighted by atomic mass is 9.89. The number of nitrogens with one attached hydrogen (secondary N) is 1. The Labute approximate surface area is 147 Å². The van der Waals surface area contributed by atoms with Crippen molar-refractivity contribution in [2.24, 2.45) is 0 Å². The second kappa shape index (κ2) is 6.50. The number of imide groups is 1. The fourth-order valence-electron chi connectivity index (χ4n) is 3.56. The summed E-state index contributed by atoms with van der Waals surface area (Å²) < 4.78 is 5.33. The summed E-state index contributed by atoms with van der Waals surface area (Å²) in [7, 11) is 0. The van der Waals surface area contributed by atoms with Gasteiger partial charge in [-0.25, -0.2) is 4.79 Å². The van der Waals surface area contributed by atoms with E-state index < -0.39 is 11.7 Å². The second-order valence-corrected chi connectivity index (χ2v) is 7.63. The molecule has 3 rings (SSSR count). The average molecular weight is 344 g/mol. The molecule has 1 heterocycles. The Hall–Kier alpha value is -2.37. The molecule has 3 amide bonds. The SMILES string of the molecule is CC(C)(C)OC(=O)NC1CCCC[C@H]1N1C(=O)c2ccccc2C1=O. The van der Waals surface area contributed by atoms with E-state index in [0.29, 0.717) is 17.5 Å². The Balaban J connectivity index is 1.79. The second-order valence-electron chi connectivity index (χ2n) is 7.63. The van der Waals surface area contributed by atoms with Crippen molar-refractivity contribution < 1.29 is 19.1 Å². The van der Waals surface area contributed by atoms with Gasteiger partial charge in [0.2, 0.25) is 0 Å². The van der Waals surface area contributed by atoms with Gasteiger partial charge in [-0.1, -0.05) is 25.0 Å². The number of alkyl carbamates (subject to hydrolysis) is 1. The van der Waals surface area contributed by atoms with Crippen LogP contribution in [0.4, 0.5) is 4.79 Å². The van der Waals surface area contributed by atoms with Crippen LogP contribution >= 0.6 is 0 Å². The predicted molar refractivity (Wildman–Crippen MR) is 92.4 cm³/mol. The molecular formula is C19H24N2O4. The van der Waals surface area contributed by atoms with Crippen molar-refractivity contribution in [3.05, 3.63) is 35.4 Å². The summed E-state index contributed by atoms with van der Waals surface area (Å²) in [6, 6.07) is 6.23. The van der Waals surface area contributed by atoms with Gasteiger partial charge in [0.05, 0.1) is 23.2 Å². The Morgan fingerprint density at radius 3 is 2.20 bits per heavy atom. The average Bonchev–Trinajstić information content (AvgIpc) is 2.78. The molecule has 1 unspecified atom stereocenters. The van der Waals surface area contributed by atoms with Crippen LogP contribution in [0.1, 0.15) is 67.2 Å². The fraction of sp³-hybridized carbons (Fsp3) is 0.526. The number of amides is 3. The third kappa shape index (κ3) is 3.52. The van der Waals surface area contributed by atoms with Crippen LogP contribution in [0.15, 0.2) is 24.3 Å². The standard InChI is InChI=1S/C19H24N2O4/c1-19(2,3)25-18(24)20-14-10-6-7-11-15(14)21-16(22)12-8-4-5-9-13(12)17(21)23/h4-5,8-9,14-15H,6-7,10-11H2,1-3H3,(H,20,24)/t14?,15-/m1/s1. The zero-order valence-electron chi connectivity index (χ0n) is 14.9. The van der Waals surface area contributed by atoms with E-state index in [0.717, 1.165) is 19.3 Å². The maximum Gasteiger partial charge on any atom is 0.407 e. The summed E-state index contributed by atoms with van der Waals surface area (Å²) in [4.78, 5) is 38.9. The molecular weight excluding hydrogens is 320 g/mol. The molecule has 25 heavy (non-hydrogen) atoms. The molecule has 0 bridgehead atoms. The molecule has 2 atom stereocenters. The lowest BCUT2D eigenvalue weighted by Crippen LogP contribution is -2.55. The van der Waals surface area contributed by atoms with E-state index in [1.165, 1.54) is 4.90 Å². The van der Waals surface area contributed by atoms with E-state index in [1.807, 2.05) is 0 Å². The summed E-state index contributed by atoms with van der Waals surface area (Å²) in [5.74, 6) is -0.549. The number of carbonyl (C=O) groups is 3. The highest BCUT2D eigenvalue weighted by atomic mass is 16.6. The van der Waals surface area contributed by atoms with Gasteiger partial charge in [-0.05, 0) is 45.7 Å². The highest BCUT2D eigenvalue weighted by molar-refractivity contribution is 6.21. The van der Waals surface area contributed by atoms with Crippen molar-refractivity contribution in [3.63, 3.8) is 0 Å². The van der Waals surface area contributed by atoms with Gasteiger partial charge in [0.15, 0.2) is 0 Å². The molecule has 0 saturated heterocycles. The van der Waals surface area contributed by atoms with Crippen molar-refractivity contribution in [3.8, 4) is 0 Å². The monoisotopic (exact) mass is 344 g/mol. The minimum absolute atomic E-state index is 0.275. The zero-order valence-corrected chi connectivity index (χ0v) is 14.9. The van der Waals surface area contributed by atoms with Gasteiger partial charge in [-0.3, -0.25) is 14.5 Å². The van der Waals surface area contributed by atoms with Crippen LogP contribution in [0.5, 0.6) is 0 Å². The maximum atomic E-state index is 12.7. The van der Waals surface area contributed by atoms with Gasteiger partial charge in [0, 0.05) is 0 Å². The predicted octanol–water partition coefficient (Wildman–Crippen LogP) is 3.12. The summed E-state index contributed by atoms with van der Waals surface area (Å²) in [5, 5.41) is 2.86. The fourth-order valence-corrected chi connectivity index (χ4v) is 3.56. The van der Waals surface area contributed by atoms with Crippen LogP contribution in [-0.2, 0) is 4.74 Å². The van der Waals surface area contributed by atoms with E-state index in [2.05, 4.69) is 5.32 Å². The number of ether oxygens (including phenoxy) is 1. The quantitative estimate of drug-likeness (QED) is 0.837. The molecule has 134 valence electrons. The number of hydrogen-bond acceptors (Lipinski definition) is 4. The van der Waals surface area contributed by atoms with E-state index in [1.54, 1.807) is 45.0 Å². The third-order valence-corrected chi connectivity index (χ3v) is 4.59. The molecule has 1 N–H and O–H groups in total. The molecule has 1 fully saturated rings. The highest BCUT2D eigenvalue weighted by Gasteiger charge is 2.43. The molecule has 0 aromatic heterocycles. The molecule has 1 aromatic rings. The molecule has 0 radical (unpaired) electrons. The van der Waals surface area contributed by atoms with E-state index in [9.17, 15) is 14.4 Å². The Bertz CT molecular complexity index is 673. The first-order chi connectivity index (χ1) is 11.8. The molecule has 1 aliphatic carbocycles. The van der Waals surface area contributed by atoms with E-state index >= 15 is 0 Å². The lowest BCUT2D eigenvalue weighted by molar-refractivity contribution is 0.0371. The Kier molecular flexibility index (Phi) is 4.54. The molecule has 6 heteroatoms. The third-order valence-electron chi connectivity index (χ3n) is 4.59. The Morgan fingerprint density at radius 1 is 1.08 bits per heavy atom. The molecule has 1 aliphatic heterocycles. The first-order valence-electron chi connectivity index (χ1n) is 8.74. The number of carbonyl (C=O) groups excluding carboxylic acids is 3. The number of nitrogens with zero attached hydrogens (tertiary/aromatic N) is 1. The molecule has 1 aromatic carbocycles. The van der Waals surface area contributed by atoms with Crippen molar-refractivity contribution >= 4 is 17.9 Å². The smallest absolute Gasteiger partial charge is 0.407 e. The normalized spacial score (nSPS) is 23.4. The largest absolute Gasteiger partial charge is 0.444 e. The number of benzene rings is 1. The van der Waals surface area contributed by atoms with Crippen LogP contribution in [0, 0.1) is 0 Å². The van der Waals surface area contributed by atoms with Crippen LogP contribution in [0.25, 0.3) is 0 Å². The van der Waals surface area contributed by atoms with Gasteiger partial charge in [-0.2, -0.15) is 0 Å². The van der Waals surface area contributed by atoms with Crippen LogP contribution in [0.3, 0.4) is 0 Å². The van der Waals surface area contributed by atoms with Crippen molar-refractivity contribution in [2.45, 2.75) is 64.1 Å². The number of rotatable bonds is 2. The van der Waals surface area contributed by atoms with Gasteiger partial charge < -0.3 is 10.1 Å². The summed E-state index contributed by atoms with van der Waals surface area (Å²) in [6.07, 6.45) is 2.76. The highest BCUT2D eigenvalue weighted by Crippen LogP contribution is 2.31. The minimum Gasteiger partial charge on any atom is -0.444 e.